The van der Waals surface area contributed by atoms with E-state index in [9.17, 15) is 4.79 Å². The lowest BCUT2D eigenvalue weighted by atomic mass is 9.93. The first-order chi connectivity index (χ1) is 8.22. The highest BCUT2D eigenvalue weighted by molar-refractivity contribution is 8.00. The lowest BCUT2D eigenvalue weighted by Crippen LogP contribution is -2.26. The predicted molar refractivity (Wildman–Crippen MR) is 69.5 cm³/mol. The molecule has 1 aliphatic heterocycles. The molecule has 1 aromatic carbocycles. The smallest absolute Gasteiger partial charge is 0.406 e. The number of benzene rings is 1. The molecule has 2 atom stereocenters. The number of amides is 1. The Labute approximate surface area is 106 Å². The van der Waals surface area contributed by atoms with Crippen LogP contribution in [-0.2, 0) is 4.74 Å². The van der Waals surface area contributed by atoms with Crippen molar-refractivity contribution in [1.82, 2.24) is 5.32 Å². The maximum absolute atomic E-state index is 11.0. The van der Waals surface area contributed by atoms with Gasteiger partial charge in [0.05, 0.1) is 7.11 Å². The fourth-order valence-electron chi connectivity index (χ4n) is 2.22. The molecule has 2 rings (SSSR count). The lowest BCUT2D eigenvalue weighted by molar-refractivity contribution is 0.170. The van der Waals surface area contributed by atoms with Gasteiger partial charge in [-0.3, -0.25) is 0 Å². The zero-order valence-electron chi connectivity index (χ0n) is 10.1. The average molecular weight is 251 g/mol. The van der Waals surface area contributed by atoms with Crippen LogP contribution in [0.3, 0.4) is 0 Å². The van der Waals surface area contributed by atoms with E-state index < -0.39 is 0 Å². The van der Waals surface area contributed by atoms with Crippen molar-refractivity contribution in [3.05, 3.63) is 29.8 Å². The molecule has 17 heavy (non-hydrogen) atoms. The molecule has 1 amide bonds. The lowest BCUT2D eigenvalue weighted by Gasteiger charge is -2.15. The summed E-state index contributed by atoms with van der Waals surface area (Å²) in [7, 11) is 1.39. The second-order valence-corrected chi connectivity index (χ2v) is 5.59. The molecule has 0 fully saturated rings. The molecule has 1 aromatic rings. The van der Waals surface area contributed by atoms with Crippen LogP contribution >= 0.6 is 11.8 Å². The summed E-state index contributed by atoms with van der Waals surface area (Å²) in [6.07, 6.45) is 0.608. The Bertz CT molecular complexity index is 408. The zero-order valence-corrected chi connectivity index (χ0v) is 10.9. The summed E-state index contributed by atoms with van der Waals surface area (Å²) in [5.41, 5.74) is 1.41. The largest absolute Gasteiger partial charge is 0.453 e. The predicted octanol–water partition coefficient (Wildman–Crippen LogP) is 3.01. The maximum atomic E-state index is 11.0. The molecular weight excluding hydrogens is 234 g/mol. The molecule has 92 valence electrons. The van der Waals surface area contributed by atoms with E-state index in [1.807, 2.05) is 11.8 Å². The van der Waals surface area contributed by atoms with Crippen molar-refractivity contribution >= 4 is 17.9 Å². The SMILES string of the molecule is COC(=O)NCCC1c2ccccc2SC1C. The van der Waals surface area contributed by atoms with Crippen molar-refractivity contribution in [2.24, 2.45) is 0 Å². The molecule has 0 aliphatic carbocycles. The third-order valence-corrected chi connectivity index (χ3v) is 4.43. The minimum absolute atomic E-state index is 0.350. The number of alkyl carbamates (subject to hydrolysis) is 1. The Morgan fingerprint density at radius 3 is 3.00 bits per heavy atom. The van der Waals surface area contributed by atoms with Gasteiger partial charge in [-0.25, -0.2) is 4.79 Å². The molecular formula is C13H17NO2S. The number of carbonyl (C=O) groups excluding carboxylic acids is 1. The highest BCUT2D eigenvalue weighted by Gasteiger charge is 2.29. The molecule has 1 N–H and O–H groups in total. The molecule has 0 bridgehead atoms. The number of hydrogen-bond acceptors (Lipinski definition) is 3. The third kappa shape index (κ3) is 2.75. The summed E-state index contributed by atoms with van der Waals surface area (Å²) in [5.74, 6) is 0.522. The second-order valence-electron chi connectivity index (χ2n) is 4.17. The molecule has 0 radical (unpaired) electrons. The Balaban J connectivity index is 1.95. The van der Waals surface area contributed by atoms with Crippen LogP contribution in [0.2, 0.25) is 0 Å². The van der Waals surface area contributed by atoms with Gasteiger partial charge in [-0.1, -0.05) is 25.1 Å². The summed E-state index contributed by atoms with van der Waals surface area (Å²) in [6.45, 7) is 2.91. The van der Waals surface area contributed by atoms with Gasteiger partial charge in [0.1, 0.15) is 0 Å². The monoisotopic (exact) mass is 251 g/mol. The quantitative estimate of drug-likeness (QED) is 0.897. The number of methoxy groups -OCH3 is 1. The summed E-state index contributed by atoms with van der Waals surface area (Å²) in [6, 6.07) is 8.52. The van der Waals surface area contributed by atoms with E-state index in [4.69, 9.17) is 0 Å². The number of hydrogen-bond donors (Lipinski definition) is 1. The van der Waals surface area contributed by atoms with Gasteiger partial charge in [-0.15, -0.1) is 11.8 Å². The number of nitrogens with one attached hydrogen (secondary N) is 1. The molecule has 1 aliphatic rings. The van der Waals surface area contributed by atoms with Crippen molar-refractivity contribution < 1.29 is 9.53 Å². The van der Waals surface area contributed by atoms with Crippen molar-refractivity contribution in [1.29, 1.82) is 0 Å². The molecule has 0 saturated carbocycles. The van der Waals surface area contributed by atoms with Crippen molar-refractivity contribution in [2.75, 3.05) is 13.7 Å². The van der Waals surface area contributed by atoms with E-state index in [-0.39, 0.29) is 6.09 Å². The van der Waals surface area contributed by atoms with Gasteiger partial charge in [0, 0.05) is 16.7 Å². The van der Waals surface area contributed by atoms with Crippen molar-refractivity contribution in [3.63, 3.8) is 0 Å². The van der Waals surface area contributed by atoms with Crippen LogP contribution in [0, 0.1) is 0 Å². The van der Waals surface area contributed by atoms with Gasteiger partial charge in [-0.05, 0) is 24.0 Å². The molecule has 4 heteroatoms. The van der Waals surface area contributed by atoms with Gasteiger partial charge in [0.2, 0.25) is 0 Å². The van der Waals surface area contributed by atoms with E-state index in [2.05, 4.69) is 41.2 Å². The highest BCUT2D eigenvalue weighted by Crippen LogP contribution is 2.46. The summed E-state index contributed by atoms with van der Waals surface area (Å²) < 4.78 is 4.56. The Kier molecular flexibility index (Phi) is 3.94. The van der Waals surface area contributed by atoms with Crippen LogP contribution in [0.4, 0.5) is 4.79 Å². The van der Waals surface area contributed by atoms with Crippen molar-refractivity contribution in [2.45, 2.75) is 29.4 Å². The normalized spacial score (nSPS) is 22.0. The van der Waals surface area contributed by atoms with Crippen LogP contribution in [-0.4, -0.2) is 25.0 Å². The Morgan fingerprint density at radius 2 is 2.24 bits per heavy atom. The maximum Gasteiger partial charge on any atom is 0.406 e. The fourth-order valence-corrected chi connectivity index (χ4v) is 3.58. The van der Waals surface area contributed by atoms with Crippen LogP contribution in [0.15, 0.2) is 29.2 Å². The van der Waals surface area contributed by atoms with Gasteiger partial charge in [0.15, 0.2) is 0 Å². The van der Waals surface area contributed by atoms with Crippen LogP contribution in [0.5, 0.6) is 0 Å². The number of rotatable bonds is 3. The van der Waals surface area contributed by atoms with Gasteiger partial charge < -0.3 is 10.1 Å². The third-order valence-electron chi connectivity index (χ3n) is 3.11. The van der Waals surface area contributed by atoms with E-state index in [1.54, 1.807) is 0 Å². The second kappa shape index (κ2) is 5.45. The van der Waals surface area contributed by atoms with E-state index in [0.29, 0.717) is 17.7 Å². The first-order valence-electron chi connectivity index (χ1n) is 5.79. The first-order valence-corrected chi connectivity index (χ1v) is 6.67. The van der Waals surface area contributed by atoms with Gasteiger partial charge in [0.25, 0.3) is 0 Å². The summed E-state index contributed by atoms with van der Waals surface area (Å²) >= 11 is 1.92. The summed E-state index contributed by atoms with van der Waals surface area (Å²) in [5, 5.41) is 3.32. The molecule has 2 unspecified atom stereocenters. The topological polar surface area (TPSA) is 38.3 Å². The van der Waals surface area contributed by atoms with Crippen LogP contribution in [0.25, 0.3) is 0 Å². The first kappa shape index (κ1) is 12.3. The van der Waals surface area contributed by atoms with E-state index in [1.165, 1.54) is 17.6 Å². The molecule has 0 aromatic heterocycles. The zero-order chi connectivity index (χ0) is 12.3. The number of carbonyl (C=O) groups is 1. The van der Waals surface area contributed by atoms with Gasteiger partial charge >= 0.3 is 6.09 Å². The van der Waals surface area contributed by atoms with Crippen molar-refractivity contribution in [3.8, 4) is 0 Å². The molecule has 0 spiro atoms. The Hall–Kier alpha value is -1.16. The number of ether oxygens (including phenoxy) is 1. The Morgan fingerprint density at radius 1 is 1.47 bits per heavy atom. The molecule has 0 saturated heterocycles. The highest BCUT2D eigenvalue weighted by atomic mass is 32.2. The minimum atomic E-state index is -0.350. The number of thioether (sulfide) groups is 1. The standard InChI is InChI=1S/C13H17NO2S/c1-9-10(7-8-14-13(15)16-2)11-5-3-4-6-12(11)17-9/h3-6,9-10H,7-8H2,1-2H3,(H,14,15). The average Bonchev–Trinajstić information content (AvgIpc) is 2.66. The van der Waals surface area contributed by atoms with Crippen LogP contribution < -0.4 is 5.32 Å². The summed E-state index contributed by atoms with van der Waals surface area (Å²) in [4.78, 5) is 12.4. The van der Waals surface area contributed by atoms with Gasteiger partial charge in [-0.2, -0.15) is 0 Å². The minimum Gasteiger partial charge on any atom is -0.453 e. The molecule has 1 heterocycles. The van der Waals surface area contributed by atoms with Crippen LogP contribution in [0.1, 0.15) is 24.8 Å². The fraction of sp³-hybridized carbons (Fsp3) is 0.462. The number of fused-ring (bicyclic) bond motifs is 1. The van der Waals surface area contributed by atoms with E-state index >= 15 is 0 Å². The molecule has 3 nitrogen and oxygen atoms in total. The van der Waals surface area contributed by atoms with E-state index in [0.717, 1.165) is 6.42 Å².